The predicted octanol–water partition coefficient (Wildman–Crippen LogP) is 4.57. The van der Waals surface area contributed by atoms with Crippen LogP contribution in [0.1, 0.15) is 0 Å². The van der Waals surface area contributed by atoms with Crippen molar-refractivity contribution in [3.8, 4) is 11.1 Å². The number of hydrogen-bond acceptors (Lipinski definition) is 2. The number of non-ortho nitro benzene ring substituents is 1. The van der Waals surface area contributed by atoms with Crippen LogP contribution in [0.15, 0.2) is 42.5 Å². The zero-order valence-electron chi connectivity index (χ0n) is 8.56. The van der Waals surface area contributed by atoms with Crippen LogP contribution >= 0.6 is 23.2 Å². The first-order valence-electron chi connectivity index (χ1n) is 4.78. The lowest BCUT2D eigenvalue weighted by Gasteiger charge is -2.06. The first-order chi connectivity index (χ1) is 8.09. The molecule has 5 heteroatoms. The predicted molar refractivity (Wildman–Crippen MR) is 68.6 cm³/mol. The maximum atomic E-state index is 10.5. The van der Waals surface area contributed by atoms with Gasteiger partial charge in [-0.1, -0.05) is 29.3 Å². The third-order valence-electron chi connectivity index (χ3n) is 2.33. The largest absolute Gasteiger partial charge is 0.269 e. The highest BCUT2D eigenvalue weighted by Crippen LogP contribution is 2.34. The Kier molecular flexibility index (Phi) is 3.31. The Bertz CT molecular complexity index is 547. The molecule has 0 amide bonds. The average molecular weight is 268 g/mol. The van der Waals surface area contributed by atoms with E-state index < -0.39 is 4.92 Å². The van der Waals surface area contributed by atoms with E-state index in [4.69, 9.17) is 23.2 Å². The van der Waals surface area contributed by atoms with Crippen LogP contribution in [0.3, 0.4) is 0 Å². The van der Waals surface area contributed by atoms with Gasteiger partial charge in [-0.15, -0.1) is 0 Å². The molecule has 0 atom stereocenters. The summed E-state index contributed by atoms with van der Waals surface area (Å²) in [6.07, 6.45) is 0. The molecule has 0 heterocycles. The van der Waals surface area contributed by atoms with Crippen molar-refractivity contribution in [2.75, 3.05) is 0 Å². The molecule has 0 aromatic heterocycles. The normalized spacial score (nSPS) is 10.2. The van der Waals surface area contributed by atoms with Crippen LogP contribution in [0.4, 0.5) is 5.69 Å². The van der Waals surface area contributed by atoms with Crippen molar-refractivity contribution in [1.82, 2.24) is 0 Å². The van der Waals surface area contributed by atoms with Crippen molar-refractivity contribution in [2.24, 2.45) is 0 Å². The summed E-state index contributed by atoms with van der Waals surface area (Å²) in [5, 5.41) is 11.6. The molecule has 0 fully saturated rings. The highest BCUT2D eigenvalue weighted by molar-refractivity contribution is 6.39. The van der Waals surface area contributed by atoms with Crippen molar-refractivity contribution >= 4 is 28.9 Å². The minimum Gasteiger partial charge on any atom is -0.258 e. The van der Waals surface area contributed by atoms with Gasteiger partial charge in [0, 0.05) is 27.7 Å². The van der Waals surface area contributed by atoms with Crippen molar-refractivity contribution in [2.45, 2.75) is 0 Å². The number of nitro groups is 1. The molecule has 0 aliphatic carbocycles. The first kappa shape index (κ1) is 11.9. The molecule has 2 aromatic carbocycles. The van der Waals surface area contributed by atoms with E-state index in [-0.39, 0.29) is 5.69 Å². The molecule has 3 nitrogen and oxygen atoms in total. The van der Waals surface area contributed by atoms with Gasteiger partial charge in [0.15, 0.2) is 0 Å². The molecule has 0 unspecified atom stereocenters. The van der Waals surface area contributed by atoms with Crippen molar-refractivity contribution in [1.29, 1.82) is 0 Å². The lowest BCUT2D eigenvalue weighted by Crippen LogP contribution is -1.87. The third-order valence-corrected chi connectivity index (χ3v) is 2.96. The summed E-state index contributed by atoms with van der Waals surface area (Å²) in [7, 11) is 0. The van der Waals surface area contributed by atoms with Gasteiger partial charge < -0.3 is 0 Å². The fraction of sp³-hybridized carbons (Fsp3) is 0. The molecule has 0 N–H and O–H groups in total. The van der Waals surface area contributed by atoms with E-state index in [0.29, 0.717) is 15.6 Å². The van der Waals surface area contributed by atoms with E-state index >= 15 is 0 Å². The summed E-state index contributed by atoms with van der Waals surface area (Å²) in [6.45, 7) is 0. The summed E-state index contributed by atoms with van der Waals surface area (Å²) in [6, 6.07) is 11.3. The van der Waals surface area contributed by atoms with Crippen LogP contribution in [-0.2, 0) is 0 Å². The van der Waals surface area contributed by atoms with Crippen LogP contribution in [0, 0.1) is 10.1 Å². The maximum absolute atomic E-state index is 10.5. The minimum absolute atomic E-state index is 0.0388. The van der Waals surface area contributed by atoms with Gasteiger partial charge in [0.1, 0.15) is 0 Å². The average Bonchev–Trinajstić information content (AvgIpc) is 2.29. The quantitative estimate of drug-likeness (QED) is 0.591. The van der Waals surface area contributed by atoms with Crippen molar-refractivity contribution in [3.05, 3.63) is 62.6 Å². The van der Waals surface area contributed by atoms with Gasteiger partial charge in [0.2, 0.25) is 0 Å². The van der Waals surface area contributed by atoms with Gasteiger partial charge in [0.25, 0.3) is 5.69 Å². The fourth-order valence-corrected chi connectivity index (χ4v) is 2.14. The Hall–Kier alpha value is -1.58. The topological polar surface area (TPSA) is 43.1 Å². The molecule has 0 saturated carbocycles. The second-order valence-electron chi connectivity index (χ2n) is 3.40. The molecule has 17 heavy (non-hydrogen) atoms. The van der Waals surface area contributed by atoms with E-state index in [0.717, 1.165) is 5.56 Å². The van der Waals surface area contributed by atoms with Crippen LogP contribution in [0.25, 0.3) is 11.1 Å². The van der Waals surface area contributed by atoms with Gasteiger partial charge in [-0.3, -0.25) is 10.1 Å². The standard InChI is InChI=1S/C12H7Cl2NO2/c13-10-2-1-3-11(14)12(10)8-4-6-9(7-5-8)15(16)17/h1-7H. The molecule has 2 rings (SSSR count). The Morgan fingerprint density at radius 2 is 1.47 bits per heavy atom. The summed E-state index contributed by atoms with van der Waals surface area (Å²) in [4.78, 5) is 10.1. The Morgan fingerprint density at radius 1 is 0.941 bits per heavy atom. The molecule has 0 saturated heterocycles. The van der Waals surface area contributed by atoms with Crippen LogP contribution < -0.4 is 0 Å². The number of halogens is 2. The maximum Gasteiger partial charge on any atom is 0.269 e. The minimum atomic E-state index is -0.446. The van der Waals surface area contributed by atoms with Crippen LogP contribution in [-0.4, -0.2) is 4.92 Å². The highest BCUT2D eigenvalue weighted by Gasteiger charge is 2.10. The van der Waals surface area contributed by atoms with Gasteiger partial charge in [-0.2, -0.15) is 0 Å². The Morgan fingerprint density at radius 3 is 1.94 bits per heavy atom. The van der Waals surface area contributed by atoms with Gasteiger partial charge in [-0.25, -0.2) is 0 Å². The lowest BCUT2D eigenvalue weighted by atomic mass is 10.1. The molecular weight excluding hydrogens is 261 g/mol. The molecule has 0 radical (unpaired) electrons. The molecule has 0 aliphatic heterocycles. The second kappa shape index (κ2) is 4.73. The SMILES string of the molecule is O=[N+]([O-])c1ccc(-c2c(Cl)cccc2Cl)cc1. The zero-order chi connectivity index (χ0) is 12.4. The van der Waals surface area contributed by atoms with E-state index in [1.807, 2.05) is 0 Å². The lowest BCUT2D eigenvalue weighted by molar-refractivity contribution is -0.384. The molecule has 0 spiro atoms. The first-order valence-corrected chi connectivity index (χ1v) is 5.54. The third kappa shape index (κ3) is 2.40. The highest BCUT2D eigenvalue weighted by atomic mass is 35.5. The van der Waals surface area contributed by atoms with E-state index in [1.54, 1.807) is 30.3 Å². The number of nitro benzene ring substituents is 1. The summed E-state index contributed by atoms with van der Waals surface area (Å²) >= 11 is 12.1. The summed E-state index contributed by atoms with van der Waals surface area (Å²) in [5.41, 5.74) is 1.48. The summed E-state index contributed by atoms with van der Waals surface area (Å²) < 4.78 is 0. The monoisotopic (exact) mass is 267 g/mol. The van der Waals surface area contributed by atoms with E-state index in [2.05, 4.69) is 0 Å². The number of rotatable bonds is 2. The van der Waals surface area contributed by atoms with Gasteiger partial charge in [-0.05, 0) is 29.8 Å². The Labute approximate surface area is 108 Å². The van der Waals surface area contributed by atoms with E-state index in [1.165, 1.54) is 12.1 Å². The van der Waals surface area contributed by atoms with Crippen molar-refractivity contribution in [3.63, 3.8) is 0 Å². The number of benzene rings is 2. The smallest absolute Gasteiger partial charge is 0.258 e. The number of hydrogen-bond donors (Lipinski definition) is 0. The zero-order valence-corrected chi connectivity index (χ0v) is 10.1. The second-order valence-corrected chi connectivity index (χ2v) is 4.22. The van der Waals surface area contributed by atoms with Crippen LogP contribution in [0.2, 0.25) is 10.0 Å². The van der Waals surface area contributed by atoms with Gasteiger partial charge in [0.05, 0.1) is 4.92 Å². The number of nitrogens with zero attached hydrogens (tertiary/aromatic N) is 1. The molecule has 0 bridgehead atoms. The fourth-order valence-electron chi connectivity index (χ4n) is 1.52. The van der Waals surface area contributed by atoms with Crippen molar-refractivity contribution < 1.29 is 4.92 Å². The van der Waals surface area contributed by atoms with E-state index in [9.17, 15) is 10.1 Å². The summed E-state index contributed by atoms with van der Waals surface area (Å²) in [5.74, 6) is 0. The molecule has 2 aromatic rings. The van der Waals surface area contributed by atoms with Gasteiger partial charge >= 0.3 is 0 Å². The Balaban J connectivity index is 2.50. The molecule has 0 aliphatic rings. The molecular formula is C12H7Cl2NO2. The van der Waals surface area contributed by atoms with Crippen LogP contribution in [0.5, 0.6) is 0 Å². The molecule has 86 valence electrons.